The number of aryl methyl sites for hydroxylation is 1. The van der Waals surface area contributed by atoms with Crippen molar-refractivity contribution in [2.45, 2.75) is 26.2 Å². The smallest absolute Gasteiger partial charge is 0.0934 e. The number of hydrogen-bond donors (Lipinski definition) is 0. The van der Waals surface area contributed by atoms with Crippen molar-refractivity contribution in [1.29, 1.82) is 0 Å². The number of rotatable bonds is 5. The Morgan fingerprint density at radius 1 is 1.62 bits per heavy atom. The second-order valence-corrected chi connectivity index (χ2v) is 3.19. The van der Waals surface area contributed by atoms with Crippen LogP contribution in [-0.2, 0) is 11.2 Å². The third kappa shape index (κ3) is 3.83. The standard InChI is InChI=1S/C11H16O2/c1-10(8-12-2)4-3-5-11-6-7-13-9-11/h6-9H,3-5H2,1-2H3/b10-8+. The van der Waals surface area contributed by atoms with Crippen molar-refractivity contribution in [3.63, 3.8) is 0 Å². The van der Waals surface area contributed by atoms with Crippen LogP contribution >= 0.6 is 0 Å². The molecule has 0 spiro atoms. The zero-order valence-electron chi connectivity index (χ0n) is 8.25. The van der Waals surface area contributed by atoms with Crippen molar-refractivity contribution in [2.75, 3.05) is 7.11 Å². The lowest BCUT2D eigenvalue weighted by molar-refractivity contribution is 0.332. The fourth-order valence-electron chi connectivity index (χ4n) is 1.27. The molecular weight excluding hydrogens is 164 g/mol. The van der Waals surface area contributed by atoms with Gasteiger partial charge >= 0.3 is 0 Å². The van der Waals surface area contributed by atoms with Gasteiger partial charge in [0.2, 0.25) is 0 Å². The van der Waals surface area contributed by atoms with E-state index in [1.807, 2.05) is 6.07 Å². The van der Waals surface area contributed by atoms with Gasteiger partial charge in [-0.2, -0.15) is 0 Å². The minimum Gasteiger partial charge on any atom is -0.504 e. The van der Waals surface area contributed by atoms with Crippen LogP contribution in [0.25, 0.3) is 0 Å². The van der Waals surface area contributed by atoms with Crippen LogP contribution in [0.15, 0.2) is 34.8 Å². The topological polar surface area (TPSA) is 22.4 Å². The molecule has 0 aromatic carbocycles. The Balaban J connectivity index is 2.18. The highest BCUT2D eigenvalue weighted by atomic mass is 16.5. The van der Waals surface area contributed by atoms with E-state index in [0.29, 0.717) is 0 Å². The maximum Gasteiger partial charge on any atom is 0.0934 e. The third-order valence-electron chi connectivity index (χ3n) is 1.94. The van der Waals surface area contributed by atoms with Crippen LogP contribution in [0.3, 0.4) is 0 Å². The van der Waals surface area contributed by atoms with Gasteiger partial charge < -0.3 is 9.15 Å². The summed E-state index contributed by atoms with van der Waals surface area (Å²) in [5.41, 5.74) is 2.55. The Kier molecular flexibility index (Phi) is 4.16. The summed E-state index contributed by atoms with van der Waals surface area (Å²) in [6.07, 6.45) is 8.62. The Morgan fingerprint density at radius 3 is 3.08 bits per heavy atom. The summed E-state index contributed by atoms with van der Waals surface area (Å²) >= 11 is 0. The lowest BCUT2D eigenvalue weighted by Crippen LogP contribution is -1.84. The lowest BCUT2D eigenvalue weighted by atomic mass is 10.1. The van der Waals surface area contributed by atoms with Crippen molar-refractivity contribution >= 4 is 0 Å². The van der Waals surface area contributed by atoms with E-state index in [1.165, 1.54) is 11.1 Å². The first-order chi connectivity index (χ1) is 6.33. The molecule has 13 heavy (non-hydrogen) atoms. The average molecular weight is 180 g/mol. The molecular formula is C11H16O2. The average Bonchev–Trinajstić information content (AvgIpc) is 2.57. The number of allylic oxidation sites excluding steroid dienone is 1. The van der Waals surface area contributed by atoms with Crippen LogP contribution in [0.1, 0.15) is 25.3 Å². The molecule has 1 aromatic heterocycles. The van der Waals surface area contributed by atoms with Gasteiger partial charge in [-0.25, -0.2) is 0 Å². The fourth-order valence-corrected chi connectivity index (χ4v) is 1.27. The van der Waals surface area contributed by atoms with E-state index in [2.05, 4.69) is 6.92 Å². The van der Waals surface area contributed by atoms with E-state index >= 15 is 0 Å². The van der Waals surface area contributed by atoms with Crippen LogP contribution in [0.2, 0.25) is 0 Å². The van der Waals surface area contributed by atoms with E-state index < -0.39 is 0 Å². The minimum atomic E-state index is 1.07. The van der Waals surface area contributed by atoms with Gasteiger partial charge in [0.15, 0.2) is 0 Å². The summed E-state index contributed by atoms with van der Waals surface area (Å²) in [4.78, 5) is 0. The maximum absolute atomic E-state index is 4.98. The normalized spacial score (nSPS) is 11.7. The van der Waals surface area contributed by atoms with Gasteiger partial charge in [0.25, 0.3) is 0 Å². The first-order valence-electron chi connectivity index (χ1n) is 4.52. The molecule has 1 aromatic rings. The van der Waals surface area contributed by atoms with E-state index in [-0.39, 0.29) is 0 Å². The summed E-state index contributed by atoms with van der Waals surface area (Å²) in [6.45, 7) is 2.08. The van der Waals surface area contributed by atoms with Gasteiger partial charge in [-0.1, -0.05) is 0 Å². The van der Waals surface area contributed by atoms with Gasteiger partial charge in [0.1, 0.15) is 0 Å². The quantitative estimate of drug-likeness (QED) is 0.649. The van der Waals surface area contributed by atoms with Crippen LogP contribution in [0, 0.1) is 0 Å². The molecule has 2 nitrogen and oxygen atoms in total. The molecule has 0 amide bonds. The first kappa shape index (κ1) is 9.90. The van der Waals surface area contributed by atoms with E-state index in [0.717, 1.165) is 19.3 Å². The molecule has 72 valence electrons. The van der Waals surface area contributed by atoms with E-state index in [9.17, 15) is 0 Å². The highest BCUT2D eigenvalue weighted by Gasteiger charge is 1.95. The van der Waals surface area contributed by atoms with Crippen LogP contribution < -0.4 is 0 Å². The van der Waals surface area contributed by atoms with Crippen molar-refractivity contribution in [1.82, 2.24) is 0 Å². The summed E-state index contributed by atoms with van der Waals surface area (Å²) in [5.74, 6) is 0. The van der Waals surface area contributed by atoms with E-state index in [4.69, 9.17) is 9.15 Å². The largest absolute Gasteiger partial charge is 0.504 e. The molecule has 0 unspecified atom stereocenters. The molecule has 0 atom stereocenters. The summed E-state index contributed by atoms with van der Waals surface area (Å²) in [7, 11) is 1.68. The number of ether oxygens (including phenoxy) is 1. The third-order valence-corrected chi connectivity index (χ3v) is 1.94. The highest BCUT2D eigenvalue weighted by Crippen LogP contribution is 2.09. The van der Waals surface area contributed by atoms with Gasteiger partial charge in [0.05, 0.1) is 25.9 Å². The van der Waals surface area contributed by atoms with Crippen molar-refractivity contribution in [2.24, 2.45) is 0 Å². The Labute approximate surface area is 79.2 Å². The van der Waals surface area contributed by atoms with Gasteiger partial charge in [-0.05, 0) is 43.4 Å². The second-order valence-electron chi connectivity index (χ2n) is 3.19. The molecule has 1 heterocycles. The SMILES string of the molecule is CO/C=C(\C)CCCc1ccoc1. The van der Waals surface area contributed by atoms with Crippen LogP contribution in [0.4, 0.5) is 0 Å². The van der Waals surface area contributed by atoms with Crippen LogP contribution in [0.5, 0.6) is 0 Å². The second kappa shape index (κ2) is 5.46. The number of furan rings is 1. The summed E-state index contributed by atoms with van der Waals surface area (Å²) < 4.78 is 9.89. The zero-order valence-corrected chi connectivity index (χ0v) is 8.25. The van der Waals surface area contributed by atoms with Crippen molar-refractivity contribution in [3.05, 3.63) is 36.0 Å². The highest BCUT2D eigenvalue weighted by molar-refractivity contribution is 5.05. The predicted octanol–water partition coefficient (Wildman–Crippen LogP) is 3.15. The molecule has 0 saturated carbocycles. The molecule has 0 aliphatic rings. The lowest BCUT2D eigenvalue weighted by Gasteiger charge is -1.99. The first-order valence-corrected chi connectivity index (χ1v) is 4.52. The van der Waals surface area contributed by atoms with Crippen LogP contribution in [-0.4, -0.2) is 7.11 Å². The molecule has 0 fully saturated rings. The molecule has 0 N–H and O–H groups in total. The van der Waals surface area contributed by atoms with Crippen molar-refractivity contribution in [3.8, 4) is 0 Å². The predicted molar refractivity (Wildman–Crippen MR) is 52.4 cm³/mol. The maximum atomic E-state index is 4.98. The summed E-state index contributed by atoms with van der Waals surface area (Å²) in [6, 6.07) is 2.01. The van der Waals surface area contributed by atoms with Gasteiger partial charge in [-0.3, -0.25) is 0 Å². The summed E-state index contributed by atoms with van der Waals surface area (Å²) in [5, 5.41) is 0. The van der Waals surface area contributed by atoms with Gasteiger partial charge in [0, 0.05) is 0 Å². The molecule has 1 rings (SSSR count). The molecule has 2 heteroatoms. The van der Waals surface area contributed by atoms with Gasteiger partial charge in [-0.15, -0.1) is 0 Å². The molecule has 0 radical (unpaired) electrons. The van der Waals surface area contributed by atoms with E-state index in [1.54, 1.807) is 25.9 Å². The Bertz CT molecular complexity index is 247. The number of methoxy groups -OCH3 is 1. The molecule has 0 aliphatic heterocycles. The fraction of sp³-hybridized carbons (Fsp3) is 0.455. The monoisotopic (exact) mass is 180 g/mol. The minimum absolute atomic E-state index is 1.07. The number of hydrogen-bond acceptors (Lipinski definition) is 2. The Hall–Kier alpha value is -1.18. The molecule has 0 bridgehead atoms. The molecule has 0 aliphatic carbocycles. The Morgan fingerprint density at radius 2 is 2.46 bits per heavy atom. The molecule has 0 saturated heterocycles. The zero-order chi connectivity index (χ0) is 9.52. The van der Waals surface area contributed by atoms with Crippen molar-refractivity contribution < 1.29 is 9.15 Å².